The molecule has 6 nitrogen and oxygen atoms in total. The van der Waals surface area contributed by atoms with Gasteiger partial charge in [-0.3, -0.25) is 4.79 Å². The van der Waals surface area contributed by atoms with Crippen LogP contribution in [0.4, 0.5) is 4.79 Å². The van der Waals surface area contributed by atoms with Crippen LogP contribution in [0.15, 0.2) is 53.0 Å². The first-order valence-electron chi connectivity index (χ1n) is 9.00. The molecule has 0 fully saturated rings. The van der Waals surface area contributed by atoms with E-state index in [1.165, 1.54) is 0 Å². The highest BCUT2D eigenvalue weighted by molar-refractivity contribution is 7.09. The van der Waals surface area contributed by atoms with E-state index in [1.54, 1.807) is 16.2 Å². The van der Waals surface area contributed by atoms with Crippen molar-refractivity contribution in [3.63, 3.8) is 0 Å². The zero-order valence-corrected chi connectivity index (χ0v) is 15.8. The predicted molar refractivity (Wildman–Crippen MR) is 103 cm³/mol. The van der Waals surface area contributed by atoms with E-state index in [0.29, 0.717) is 31.0 Å². The van der Waals surface area contributed by atoms with Crippen molar-refractivity contribution in [3.8, 4) is 5.75 Å². The van der Waals surface area contributed by atoms with Crippen LogP contribution in [0.3, 0.4) is 0 Å². The largest absolute Gasteiger partial charge is 0.494 e. The van der Waals surface area contributed by atoms with Crippen LogP contribution in [0.5, 0.6) is 5.75 Å². The third kappa shape index (κ3) is 3.55. The molecule has 0 aliphatic carbocycles. The van der Waals surface area contributed by atoms with Gasteiger partial charge in [0.2, 0.25) is 0 Å². The van der Waals surface area contributed by atoms with Crippen LogP contribution < -0.4 is 15.4 Å². The molecule has 2 aliphatic heterocycles. The molecule has 2 N–H and O–H groups in total. The number of benzene rings is 1. The summed E-state index contributed by atoms with van der Waals surface area (Å²) in [6, 6.07) is 10.8. The van der Waals surface area contributed by atoms with Crippen molar-refractivity contribution in [2.75, 3.05) is 13.2 Å². The topological polar surface area (TPSA) is 70.7 Å². The Morgan fingerprint density at radius 3 is 2.74 bits per heavy atom. The molecule has 0 saturated heterocycles. The molecule has 3 heterocycles. The van der Waals surface area contributed by atoms with E-state index in [2.05, 4.69) is 17.6 Å². The predicted octanol–water partition coefficient (Wildman–Crippen LogP) is 3.19. The van der Waals surface area contributed by atoms with Crippen LogP contribution in [-0.4, -0.2) is 30.0 Å². The second-order valence-corrected chi connectivity index (χ2v) is 7.61. The summed E-state index contributed by atoms with van der Waals surface area (Å²) in [4.78, 5) is 28.0. The molecule has 2 aliphatic rings. The fourth-order valence-corrected chi connectivity index (χ4v) is 4.09. The highest BCUT2D eigenvalue weighted by Gasteiger charge is 2.40. The van der Waals surface area contributed by atoms with Crippen LogP contribution in [0.2, 0.25) is 0 Å². The maximum atomic E-state index is 13.0. The Morgan fingerprint density at radius 2 is 2.04 bits per heavy atom. The Balaban J connectivity index is 1.56. The summed E-state index contributed by atoms with van der Waals surface area (Å²) in [5.74, 6) is 0.745. The molecule has 0 radical (unpaired) electrons. The van der Waals surface area contributed by atoms with E-state index in [9.17, 15) is 9.59 Å². The normalized spacial score (nSPS) is 19.0. The summed E-state index contributed by atoms with van der Waals surface area (Å²) in [5, 5.41) is 7.68. The SMILES string of the molecule is CCCOc1ccc([C@@H]2NC(=O)NC3=C2C(=O)N(Cc2cccs2)C3)cc1. The zero-order chi connectivity index (χ0) is 18.8. The fourth-order valence-electron chi connectivity index (χ4n) is 3.37. The van der Waals surface area contributed by atoms with E-state index >= 15 is 0 Å². The van der Waals surface area contributed by atoms with Crippen molar-refractivity contribution in [2.24, 2.45) is 0 Å². The van der Waals surface area contributed by atoms with Gasteiger partial charge in [0.25, 0.3) is 5.91 Å². The lowest BCUT2D eigenvalue weighted by Crippen LogP contribution is -2.44. The van der Waals surface area contributed by atoms with Gasteiger partial charge in [0.1, 0.15) is 5.75 Å². The number of nitrogens with one attached hydrogen (secondary N) is 2. The Morgan fingerprint density at radius 1 is 1.22 bits per heavy atom. The minimum absolute atomic E-state index is 0.0396. The Labute approximate surface area is 161 Å². The first-order valence-corrected chi connectivity index (χ1v) is 9.88. The van der Waals surface area contributed by atoms with Gasteiger partial charge >= 0.3 is 6.03 Å². The van der Waals surface area contributed by atoms with Gasteiger partial charge in [-0.05, 0) is 35.6 Å². The molecular weight excluding hydrogens is 362 g/mol. The first kappa shape index (κ1) is 17.6. The van der Waals surface area contributed by atoms with Crippen LogP contribution in [0.25, 0.3) is 0 Å². The van der Waals surface area contributed by atoms with Crippen molar-refractivity contribution in [1.29, 1.82) is 0 Å². The number of nitrogens with zero attached hydrogens (tertiary/aromatic N) is 1. The summed E-state index contributed by atoms with van der Waals surface area (Å²) in [6.45, 7) is 3.69. The molecule has 0 saturated carbocycles. The van der Waals surface area contributed by atoms with Gasteiger partial charge in [0, 0.05) is 4.88 Å². The van der Waals surface area contributed by atoms with Crippen LogP contribution >= 0.6 is 11.3 Å². The number of thiophene rings is 1. The summed E-state index contributed by atoms with van der Waals surface area (Å²) in [6.07, 6.45) is 0.941. The lowest BCUT2D eigenvalue weighted by Gasteiger charge is -2.25. The number of hydrogen-bond acceptors (Lipinski definition) is 4. The molecule has 2 aromatic rings. The molecule has 3 amide bonds. The number of amides is 3. The number of urea groups is 1. The molecule has 1 aromatic heterocycles. The third-order valence-electron chi connectivity index (χ3n) is 4.63. The van der Waals surface area contributed by atoms with Crippen LogP contribution in [0.1, 0.15) is 29.8 Å². The van der Waals surface area contributed by atoms with Gasteiger partial charge in [-0.1, -0.05) is 25.1 Å². The van der Waals surface area contributed by atoms with Gasteiger partial charge in [-0.15, -0.1) is 11.3 Å². The summed E-state index contributed by atoms with van der Waals surface area (Å²) in [7, 11) is 0. The van der Waals surface area contributed by atoms with Crippen LogP contribution in [-0.2, 0) is 11.3 Å². The van der Waals surface area contributed by atoms with Crippen molar-refractivity contribution in [3.05, 3.63) is 63.5 Å². The highest BCUT2D eigenvalue weighted by atomic mass is 32.1. The number of hydrogen-bond donors (Lipinski definition) is 2. The van der Waals surface area contributed by atoms with Gasteiger partial charge in [0.05, 0.1) is 37.0 Å². The second kappa shape index (κ2) is 7.44. The minimum Gasteiger partial charge on any atom is -0.494 e. The van der Waals surface area contributed by atoms with Gasteiger partial charge in [-0.2, -0.15) is 0 Å². The lowest BCUT2D eigenvalue weighted by atomic mass is 9.96. The number of carbonyl (C=O) groups excluding carboxylic acids is 2. The Hall–Kier alpha value is -2.80. The van der Waals surface area contributed by atoms with Gasteiger partial charge < -0.3 is 20.3 Å². The minimum atomic E-state index is -0.449. The maximum absolute atomic E-state index is 13.0. The molecule has 0 unspecified atom stereocenters. The molecule has 1 aromatic carbocycles. The van der Waals surface area contributed by atoms with Gasteiger partial charge in [-0.25, -0.2) is 4.79 Å². The van der Waals surface area contributed by atoms with E-state index in [0.717, 1.165) is 22.6 Å². The van der Waals surface area contributed by atoms with Crippen molar-refractivity contribution in [1.82, 2.24) is 15.5 Å². The first-order chi connectivity index (χ1) is 13.2. The standard InChI is InChI=1S/C20H21N3O3S/c1-2-9-26-14-7-5-13(6-8-14)18-17-16(21-20(25)22-18)12-23(19(17)24)11-15-4-3-10-27-15/h3-8,10,18H,2,9,11-12H2,1H3,(H2,21,22,25)/t18-/m0/s1. The highest BCUT2D eigenvalue weighted by Crippen LogP contribution is 2.34. The number of rotatable bonds is 6. The summed E-state index contributed by atoms with van der Waals surface area (Å²) < 4.78 is 5.62. The molecular formula is C20H21N3O3S. The molecule has 7 heteroatoms. The van der Waals surface area contributed by atoms with Crippen molar-refractivity contribution >= 4 is 23.3 Å². The summed E-state index contributed by atoms with van der Waals surface area (Å²) >= 11 is 1.62. The molecule has 0 bridgehead atoms. The Kier molecular flexibility index (Phi) is 4.85. The van der Waals surface area contributed by atoms with Crippen molar-refractivity contribution < 1.29 is 14.3 Å². The monoisotopic (exact) mass is 383 g/mol. The number of carbonyl (C=O) groups is 2. The molecule has 140 valence electrons. The third-order valence-corrected chi connectivity index (χ3v) is 5.49. The lowest BCUT2D eigenvalue weighted by molar-refractivity contribution is -0.126. The van der Waals surface area contributed by atoms with E-state index in [4.69, 9.17) is 4.74 Å². The molecule has 0 spiro atoms. The van der Waals surface area contributed by atoms with Gasteiger partial charge in [0.15, 0.2) is 0 Å². The number of ether oxygens (including phenoxy) is 1. The average Bonchev–Trinajstić information content (AvgIpc) is 3.28. The van der Waals surface area contributed by atoms with Crippen molar-refractivity contribution in [2.45, 2.75) is 25.9 Å². The molecule has 4 rings (SSSR count). The fraction of sp³-hybridized carbons (Fsp3) is 0.300. The van der Waals surface area contributed by atoms with E-state index in [1.807, 2.05) is 41.8 Å². The Bertz CT molecular complexity index is 874. The van der Waals surface area contributed by atoms with E-state index in [-0.39, 0.29) is 11.9 Å². The van der Waals surface area contributed by atoms with Crippen LogP contribution in [0, 0.1) is 0 Å². The quantitative estimate of drug-likeness (QED) is 0.805. The second-order valence-electron chi connectivity index (χ2n) is 6.58. The molecule has 27 heavy (non-hydrogen) atoms. The maximum Gasteiger partial charge on any atom is 0.319 e. The smallest absolute Gasteiger partial charge is 0.319 e. The zero-order valence-electron chi connectivity index (χ0n) is 15.0. The molecule has 1 atom stereocenters. The summed E-state index contributed by atoms with van der Waals surface area (Å²) in [5.41, 5.74) is 2.18. The van der Waals surface area contributed by atoms with E-state index < -0.39 is 6.04 Å². The average molecular weight is 383 g/mol.